The number of alkyl halides is 1. The molecule has 9 heteroatoms. The third-order valence-electron chi connectivity index (χ3n) is 3.53. The largest absolute Gasteiger partial charge is 0.457 e. The molecular weight excluding hydrogens is 431 g/mol. The van der Waals surface area contributed by atoms with Crippen molar-refractivity contribution >= 4 is 36.6 Å². The Morgan fingerprint density at radius 2 is 1.55 bits per heavy atom. The minimum atomic E-state index is -0.861. The van der Waals surface area contributed by atoms with E-state index >= 15 is 0 Å². The number of benzene rings is 2. The molecule has 0 saturated carbocycles. The first-order valence-electron chi connectivity index (χ1n) is 9.95. The van der Waals surface area contributed by atoms with Crippen molar-refractivity contribution in [2.75, 3.05) is 11.6 Å². The Morgan fingerprint density at radius 1 is 1.03 bits per heavy atom. The minimum Gasteiger partial charge on any atom is -0.457 e. The van der Waals surface area contributed by atoms with Crippen molar-refractivity contribution in [2.45, 2.75) is 41.5 Å². The summed E-state index contributed by atoms with van der Waals surface area (Å²) in [4.78, 5) is 52.6. The lowest BCUT2D eigenvalue weighted by molar-refractivity contribution is -0.118. The number of anilines is 1. The van der Waals surface area contributed by atoms with Gasteiger partial charge < -0.3 is 14.3 Å². The third-order valence-corrected chi connectivity index (χ3v) is 3.53. The highest BCUT2D eigenvalue weighted by atomic mass is 19.1. The number of hydrogen-bond donors (Lipinski definition) is 1. The lowest BCUT2D eigenvalue weighted by Gasteiger charge is -2.20. The van der Waals surface area contributed by atoms with Crippen LogP contribution in [0.4, 0.5) is 14.9 Å². The number of hydrogen-bond acceptors (Lipinski definition) is 6. The fourth-order valence-corrected chi connectivity index (χ4v) is 2.27. The maximum Gasteiger partial charge on any atom is 0.335 e. The van der Waals surface area contributed by atoms with Gasteiger partial charge in [-0.1, -0.05) is 31.5 Å². The molecule has 0 radical (unpaired) electrons. The summed E-state index contributed by atoms with van der Waals surface area (Å²) in [5.41, 5.74) is 2.24. The molecule has 0 atom stereocenters. The molecule has 0 fully saturated rings. The summed E-state index contributed by atoms with van der Waals surface area (Å²) < 4.78 is 16.2. The highest BCUT2D eigenvalue weighted by Gasteiger charge is 2.21. The Bertz CT molecular complexity index is 900. The molecule has 0 aliphatic carbocycles. The molecule has 0 unspecified atom stereocenters. The van der Waals surface area contributed by atoms with Crippen LogP contribution in [-0.2, 0) is 19.2 Å². The van der Waals surface area contributed by atoms with Crippen LogP contribution >= 0.6 is 0 Å². The van der Waals surface area contributed by atoms with Gasteiger partial charge in [-0.3, -0.25) is 14.9 Å². The quantitative estimate of drug-likeness (QED) is 0.660. The van der Waals surface area contributed by atoms with Crippen LogP contribution in [0, 0.1) is 13.8 Å². The maximum absolute atomic E-state index is 12.1. The van der Waals surface area contributed by atoms with Crippen LogP contribution in [0.2, 0.25) is 0 Å². The van der Waals surface area contributed by atoms with Crippen LogP contribution in [-0.4, -0.2) is 37.6 Å². The topological polar surface area (TPSA) is 110 Å². The Labute approximate surface area is 193 Å². The molecule has 180 valence electrons. The number of ether oxygens (including phenoxy) is 1. The minimum absolute atomic E-state index is 0.208. The van der Waals surface area contributed by atoms with Gasteiger partial charge in [0.15, 0.2) is 6.29 Å². The Balaban J connectivity index is 0. The standard InChI is InChI=1S/C19H20N2O4.C2H3FO.C2H6.CH2O/c1-12-5-8-17(9-6-12)25-18-10-7-16(11-13(18)2)21(15(4)23)19(24)20-14(3)22;3-1-2-4;2*1-2/h5-11H,1-4H3,(H,20,22,24);2H,1H2;1-2H3;1H2. The van der Waals surface area contributed by atoms with Crippen LogP contribution in [0.1, 0.15) is 38.8 Å². The van der Waals surface area contributed by atoms with E-state index in [4.69, 9.17) is 14.3 Å². The van der Waals surface area contributed by atoms with Gasteiger partial charge >= 0.3 is 6.03 Å². The second kappa shape index (κ2) is 17.8. The van der Waals surface area contributed by atoms with Crippen molar-refractivity contribution in [2.24, 2.45) is 0 Å². The number of rotatable bonds is 4. The molecule has 8 nitrogen and oxygen atoms in total. The number of halogens is 1. The van der Waals surface area contributed by atoms with Crippen molar-refractivity contribution in [3.05, 3.63) is 53.6 Å². The van der Waals surface area contributed by atoms with E-state index in [1.165, 1.54) is 13.8 Å². The second-order valence-electron chi connectivity index (χ2n) is 6.03. The zero-order valence-electron chi connectivity index (χ0n) is 19.8. The molecule has 2 aromatic carbocycles. The predicted molar refractivity (Wildman–Crippen MR) is 125 cm³/mol. The Hall–Kier alpha value is -3.88. The van der Waals surface area contributed by atoms with Crippen molar-refractivity contribution < 1.29 is 33.1 Å². The van der Waals surface area contributed by atoms with Crippen LogP contribution in [0.15, 0.2) is 42.5 Å². The molecule has 0 aromatic heterocycles. The van der Waals surface area contributed by atoms with E-state index in [2.05, 4.69) is 5.32 Å². The van der Waals surface area contributed by atoms with Gasteiger partial charge in [0.05, 0.1) is 5.69 Å². The molecule has 1 N–H and O–H groups in total. The van der Waals surface area contributed by atoms with E-state index in [0.29, 0.717) is 17.2 Å². The van der Waals surface area contributed by atoms with E-state index in [0.717, 1.165) is 16.0 Å². The molecule has 2 rings (SSSR count). The van der Waals surface area contributed by atoms with Crippen molar-refractivity contribution in [3.63, 3.8) is 0 Å². The van der Waals surface area contributed by atoms with Crippen molar-refractivity contribution in [1.29, 1.82) is 0 Å². The smallest absolute Gasteiger partial charge is 0.335 e. The van der Waals surface area contributed by atoms with Gasteiger partial charge in [-0.15, -0.1) is 0 Å². The normalized spacial score (nSPS) is 8.70. The molecule has 0 saturated heterocycles. The number of amides is 4. The first-order chi connectivity index (χ1) is 15.7. The van der Waals surface area contributed by atoms with Gasteiger partial charge in [-0.2, -0.15) is 0 Å². The van der Waals surface area contributed by atoms with Crippen LogP contribution < -0.4 is 15.0 Å². The van der Waals surface area contributed by atoms with Gasteiger partial charge in [-0.25, -0.2) is 14.1 Å². The molecule has 0 aliphatic heterocycles. The van der Waals surface area contributed by atoms with Gasteiger partial charge in [0.1, 0.15) is 25.0 Å². The molecule has 4 amide bonds. The Kier molecular flexibility index (Phi) is 16.9. The summed E-state index contributed by atoms with van der Waals surface area (Å²) in [5.74, 6) is 0.278. The summed E-state index contributed by atoms with van der Waals surface area (Å²) in [5, 5.41) is 2.10. The van der Waals surface area contributed by atoms with Crippen LogP contribution in [0.3, 0.4) is 0 Å². The molecule has 2 aromatic rings. The van der Waals surface area contributed by atoms with Gasteiger partial charge in [0, 0.05) is 13.8 Å². The van der Waals surface area contributed by atoms with Crippen molar-refractivity contribution in [1.82, 2.24) is 5.32 Å². The first kappa shape index (κ1) is 31.3. The molecule has 0 heterocycles. The van der Waals surface area contributed by atoms with E-state index in [1.807, 2.05) is 58.7 Å². The number of aryl methyl sites for hydroxylation is 2. The average molecular weight is 463 g/mol. The van der Waals surface area contributed by atoms with Gasteiger partial charge in [-0.05, 0) is 49.7 Å². The number of carbonyl (C=O) groups is 5. The number of imide groups is 2. The van der Waals surface area contributed by atoms with Gasteiger partial charge in [0.2, 0.25) is 11.8 Å². The maximum atomic E-state index is 12.1. The Morgan fingerprint density at radius 3 is 1.94 bits per heavy atom. The highest BCUT2D eigenvalue weighted by molar-refractivity contribution is 6.16. The third kappa shape index (κ3) is 11.9. The predicted octanol–water partition coefficient (Wildman–Crippen LogP) is 4.70. The van der Waals surface area contributed by atoms with Crippen LogP contribution in [0.25, 0.3) is 0 Å². The fraction of sp³-hybridized carbons (Fsp3) is 0.292. The zero-order valence-corrected chi connectivity index (χ0v) is 19.8. The SMILES string of the molecule is C=O.CC.CC(=O)NC(=O)N(C(C)=O)c1ccc(Oc2ccc(C)cc2)c(C)c1.O=CCF. The lowest BCUT2D eigenvalue weighted by Crippen LogP contribution is -2.44. The molecule has 0 bridgehead atoms. The lowest BCUT2D eigenvalue weighted by atomic mass is 10.2. The average Bonchev–Trinajstić information content (AvgIpc) is 2.79. The second-order valence-corrected chi connectivity index (χ2v) is 6.03. The molecule has 0 spiro atoms. The van der Waals surface area contributed by atoms with E-state index < -0.39 is 24.5 Å². The summed E-state index contributed by atoms with van der Waals surface area (Å²) in [6.45, 7) is 11.4. The van der Waals surface area contributed by atoms with E-state index in [9.17, 15) is 18.8 Å². The highest BCUT2D eigenvalue weighted by Crippen LogP contribution is 2.29. The molecule has 0 aliphatic rings. The summed E-state index contributed by atoms with van der Waals surface area (Å²) >= 11 is 0. The summed E-state index contributed by atoms with van der Waals surface area (Å²) in [6.07, 6.45) is 0.208. The number of carbonyl (C=O) groups excluding carboxylic acids is 5. The summed E-state index contributed by atoms with van der Waals surface area (Å²) in [6, 6.07) is 11.8. The van der Waals surface area contributed by atoms with E-state index in [-0.39, 0.29) is 6.29 Å². The number of nitrogens with one attached hydrogen (secondary N) is 1. The first-order valence-corrected chi connectivity index (χ1v) is 9.95. The molecular formula is C24H31FN2O6. The number of urea groups is 1. The fourth-order valence-electron chi connectivity index (χ4n) is 2.27. The van der Waals surface area contributed by atoms with Gasteiger partial charge in [0.25, 0.3) is 0 Å². The zero-order chi connectivity index (χ0) is 26.0. The molecule has 33 heavy (non-hydrogen) atoms. The number of nitrogens with zero attached hydrogens (tertiary/aromatic N) is 1. The monoisotopic (exact) mass is 462 g/mol. The van der Waals surface area contributed by atoms with Crippen molar-refractivity contribution in [3.8, 4) is 11.5 Å². The van der Waals surface area contributed by atoms with Crippen LogP contribution in [0.5, 0.6) is 11.5 Å². The summed E-state index contributed by atoms with van der Waals surface area (Å²) in [7, 11) is 0. The number of aldehydes is 1. The van der Waals surface area contributed by atoms with E-state index in [1.54, 1.807) is 18.2 Å².